The normalized spacial score (nSPS) is 11.9. The van der Waals surface area contributed by atoms with Gasteiger partial charge in [-0.1, -0.05) is 42.9 Å². The Balaban J connectivity index is 1.88. The van der Waals surface area contributed by atoms with Crippen LogP contribution in [0.1, 0.15) is 29.8 Å². The Morgan fingerprint density at radius 2 is 1.78 bits per heavy atom. The Hall–Kier alpha value is -2.29. The maximum absolute atomic E-state index is 12.7. The molecule has 1 heterocycles. The van der Waals surface area contributed by atoms with E-state index >= 15 is 0 Å². The van der Waals surface area contributed by atoms with Gasteiger partial charge in [-0.3, -0.25) is 10.1 Å². The quantitative estimate of drug-likeness (QED) is 0.677. The first-order chi connectivity index (χ1) is 12.8. The van der Waals surface area contributed by atoms with Gasteiger partial charge in [0.1, 0.15) is 0 Å². The number of fused-ring (bicyclic) bond motifs is 1. The van der Waals surface area contributed by atoms with E-state index in [4.69, 9.17) is 0 Å². The summed E-state index contributed by atoms with van der Waals surface area (Å²) < 4.78 is 27.5. The molecule has 0 aliphatic carbocycles. The molecule has 6 nitrogen and oxygen atoms in total. The number of thiazole rings is 1. The minimum atomic E-state index is -3.53. The number of rotatable bonds is 6. The molecule has 27 heavy (non-hydrogen) atoms. The number of nitrogens with one attached hydrogen (secondary N) is 1. The second kappa shape index (κ2) is 7.75. The fourth-order valence-electron chi connectivity index (χ4n) is 2.71. The number of sulfonamides is 1. The molecule has 142 valence electrons. The van der Waals surface area contributed by atoms with Gasteiger partial charge in [-0.05, 0) is 37.3 Å². The van der Waals surface area contributed by atoms with Crippen LogP contribution in [0.4, 0.5) is 5.13 Å². The summed E-state index contributed by atoms with van der Waals surface area (Å²) in [7, 11) is -3.53. The molecule has 0 atom stereocenters. The first-order valence-electron chi connectivity index (χ1n) is 8.64. The molecule has 0 spiro atoms. The van der Waals surface area contributed by atoms with Gasteiger partial charge in [0.15, 0.2) is 5.13 Å². The molecule has 0 fully saturated rings. The predicted molar refractivity (Wildman–Crippen MR) is 109 cm³/mol. The number of hydrogen-bond donors (Lipinski definition) is 1. The van der Waals surface area contributed by atoms with Crippen LogP contribution in [0.5, 0.6) is 0 Å². The van der Waals surface area contributed by atoms with Gasteiger partial charge < -0.3 is 0 Å². The summed E-state index contributed by atoms with van der Waals surface area (Å²) in [5, 5.41) is 3.22. The van der Waals surface area contributed by atoms with Crippen molar-refractivity contribution >= 4 is 42.6 Å². The highest BCUT2D eigenvalue weighted by Crippen LogP contribution is 2.29. The van der Waals surface area contributed by atoms with Gasteiger partial charge >= 0.3 is 0 Å². The van der Waals surface area contributed by atoms with E-state index in [0.717, 1.165) is 5.56 Å². The van der Waals surface area contributed by atoms with Gasteiger partial charge in [0.05, 0.1) is 15.1 Å². The standard InChI is InChI=1S/C19H21N3O3S2/c1-4-22(5-2)27(24,25)15-10-11-16-17(12-15)26-19(20-16)21-18(23)14-8-6-13(3)7-9-14/h6-12H,4-5H2,1-3H3,(H,20,21,23). The number of aryl methyl sites for hydroxylation is 1. The first-order valence-corrected chi connectivity index (χ1v) is 10.9. The first kappa shape index (κ1) is 19.5. The zero-order valence-corrected chi connectivity index (χ0v) is 17.0. The third kappa shape index (κ3) is 4.02. The monoisotopic (exact) mass is 403 g/mol. The van der Waals surface area contributed by atoms with E-state index in [2.05, 4.69) is 10.3 Å². The average Bonchev–Trinajstić information content (AvgIpc) is 3.04. The highest BCUT2D eigenvalue weighted by Gasteiger charge is 2.22. The topological polar surface area (TPSA) is 79.4 Å². The molecule has 0 radical (unpaired) electrons. The molecular formula is C19H21N3O3S2. The van der Waals surface area contributed by atoms with Crippen LogP contribution in [0.25, 0.3) is 10.2 Å². The minimum Gasteiger partial charge on any atom is -0.298 e. The van der Waals surface area contributed by atoms with E-state index in [-0.39, 0.29) is 10.8 Å². The predicted octanol–water partition coefficient (Wildman–Crippen LogP) is 3.89. The Labute approximate surface area is 162 Å². The molecule has 0 unspecified atom stereocenters. The largest absolute Gasteiger partial charge is 0.298 e. The van der Waals surface area contributed by atoms with Crippen molar-refractivity contribution in [2.45, 2.75) is 25.7 Å². The summed E-state index contributed by atoms with van der Waals surface area (Å²) in [6.45, 7) is 6.41. The van der Waals surface area contributed by atoms with Crippen molar-refractivity contribution in [3.63, 3.8) is 0 Å². The number of nitrogens with zero attached hydrogens (tertiary/aromatic N) is 2. The maximum Gasteiger partial charge on any atom is 0.257 e. The molecule has 1 N–H and O–H groups in total. The molecule has 3 rings (SSSR count). The highest BCUT2D eigenvalue weighted by atomic mass is 32.2. The molecule has 0 bridgehead atoms. The zero-order chi connectivity index (χ0) is 19.6. The lowest BCUT2D eigenvalue weighted by molar-refractivity contribution is 0.102. The van der Waals surface area contributed by atoms with Gasteiger partial charge in [0, 0.05) is 18.7 Å². The molecule has 0 aliphatic heterocycles. The molecule has 2 aromatic carbocycles. The molecule has 0 aliphatic rings. The van der Waals surface area contributed by atoms with Crippen molar-refractivity contribution in [1.29, 1.82) is 0 Å². The van der Waals surface area contributed by atoms with Crippen LogP contribution in [0.3, 0.4) is 0 Å². The van der Waals surface area contributed by atoms with Crippen molar-refractivity contribution in [3.8, 4) is 0 Å². The van der Waals surface area contributed by atoms with Crippen molar-refractivity contribution in [3.05, 3.63) is 53.6 Å². The van der Waals surface area contributed by atoms with E-state index in [1.54, 1.807) is 30.3 Å². The molecule has 3 aromatic rings. The van der Waals surface area contributed by atoms with Crippen LogP contribution in [0.2, 0.25) is 0 Å². The van der Waals surface area contributed by atoms with Gasteiger partial charge in [0.2, 0.25) is 10.0 Å². The highest BCUT2D eigenvalue weighted by molar-refractivity contribution is 7.89. The summed E-state index contributed by atoms with van der Waals surface area (Å²) in [5.41, 5.74) is 2.27. The summed E-state index contributed by atoms with van der Waals surface area (Å²) >= 11 is 1.25. The van der Waals surface area contributed by atoms with Gasteiger partial charge in [-0.2, -0.15) is 4.31 Å². The average molecular weight is 404 g/mol. The Morgan fingerprint density at radius 3 is 2.41 bits per heavy atom. The van der Waals surface area contributed by atoms with Crippen molar-refractivity contribution in [2.24, 2.45) is 0 Å². The summed E-state index contributed by atoms with van der Waals surface area (Å²) in [5.74, 6) is -0.245. The van der Waals surface area contributed by atoms with Crippen LogP contribution >= 0.6 is 11.3 Å². The van der Waals surface area contributed by atoms with E-state index in [1.807, 2.05) is 32.9 Å². The number of benzene rings is 2. The SMILES string of the molecule is CCN(CC)S(=O)(=O)c1ccc2nc(NC(=O)c3ccc(C)cc3)sc2c1. The lowest BCUT2D eigenvalue weighted by Crippen LogP contribution is -2.30. The van der Waals surface area contributed by atoms with Crippen LogP contribution in [0, 0.1) is 6.92 Å². The van der Waals surface area contributed by atoms with Gasteiger partial charge in [-0.25, -0.2) is 13.4 Å². The Bertz CT molecular complexity index is 1070. The number of carbonyl (C=O) groups is 1. The lowest BCUT2D eigenvalue weighted by Gasteiger charge is -2.18. The molecule has 1 aromatic heterocycles. The van der Waals surface area contributed by atoms with Gasteiger partial charge in [-0.15, -0.1) is 0 Å². The molecule has 8 heteroatoms. The summed E-state index contributed by atoms with van der Waals surface area (Å²) in [6, 6.07) is 12.1. The molecule has 0 saturated carbocycles. The van der Waals surface area contributed by atoms with Crippen molar-refractivity contribution < 1.29 is 13.2 Å². The summed E-state index contributed by atoms with van der Waals surface area (Å²) in [6.07, 6.45) is 0. The van der Waals surface area contributed by atoms with E-state index in [9.17, 15) is 13.2 Å². The second-order valence-electron chi connectivity index (χ2n) is 6.06. The lowest BCUT2D eigenvalue weighted by atomic mass is 10.1. The molecule has 1 amide bonds. The smallest absolute Gasteiger partial charge is 0.257 e. The zero-order valence-electron chi connectivity index (χ0n) is 15.4. The van der Waals surface area contributed by atoms with Crippen LogP contribution in [0.15, 0.2) is 47.4 Å². The van der Waals surface area contributed by atoms with Crippen LogP contribution in [-0.4, -0.2) is 36.7 Å². The van der Waals surface area contributed by atoms with Crippen molar-refractivity contribution in [2.75, 3.05) is 18.4 Å². The van der Waals surface area contributed by atoms with Crippen LogP contribution in [-0.2, 0) is 10.0 Å². The van der Waals surface area contributed by atoms with Crippen molar-refractivity contribution in [1.82, 2.24) is 9.29 Å². The Morgan fingerprint density at radius 1 is 1.11 bits per heavy atom. The van der Waals surface area contributed by atoms with Crippen LogP contribution < -0.4 is 5.32 Å². The number of hydrogen-bond acceptors (Lipinski definition) is 5. The van der Waals surface area contributed by atoms with Gasteiger partial charge in [0.25, 0.3) is 5.91 Å². The third-order valence-electron chi connectivity index (χ3n) is 4.24. The van der Waals surface area contributed by atoms with E-state index in [0.29, 0.717) is 34.0 Å². The maximum atomic E-state index is 12.7. The minimum absolute atomic E-state index is 0.235. The molecular weight excluding hydrogens is 382 g/mol. The fourth-order valence-corrected chi connectivity index (χ4v) is 5.17. The number of amides is 1. The third-order valence-corrected chi connectivity index (χ3v) is 7.22. The number of aromatic nitrogens is 1. The summed E-state index contributed by atoms with van der Waals surface area (Å²) in [4.78, 5) is 17.0. The van der Waals surface area contributed by atoms with E-state index < -0.39 is 10.0 Å². The van der Waals surface area contributed by atoms with E-state index in [1.165, 1.54) is 15.6 Å². The molecule has 0 saturated heterocycles. The Kier molecular flexibility index (Phi) is 5.59. The number of carbonyl (C=O) groups excluding carboxylic acids is 1. The second-order valence-corrected chi connectivity index (χ2v) is 9.03. The fraction of sp³-hybridized carbons (Fsp3) is 0.263. The number of anilines is 1.